The van der Waals surface area contributed by atoms with Gasteiger partial charge in [-0.1, -0.05) is 92.4 Å². The Hall–Kier alpha value is -3.32. The molecule has 0 aliphatic heterocycles. The predicted molar refractivity (Wildman–Crippen MR) is 216 cm³/mol. The van der Waals surface area contributed by atoms with Crippen molar-refractivity contribution in [3.8, 4) is 0 Å². The largest absolute Gasteiger partial charge is 0.311 e. The van der Waals surface area contributed by atoms with Crippen LogP contribution in [0.2, 0.25) is 0 Å². The van der Waals surface area contributed by atoms with Crippen LogP contribution in [0.15, 0.2) is 103 Å². The minimum atomic E-state index is 0.111. The highest BCUT2D eigenvalue weighted by Gasteiger charge is 2.52. The summed E-state index contributed by atoms with van der Waals surface area (Å²) in [6.45, 7) is 0. The van der Waals surface area contributed by atoms with E-state index >= 15 is 0 Å². The molecule has 0 saturated heterocycles. The van der Waals surface area contributed by atoms with Crippen molar-refractivity contribution in [3.63, 3.8) is 0 Å². The van der Waals surface area contributed by atoms with Crippen LogP contribution in [0.5, 0.6) is 0 Å². The van der Waals surface area contributed by atoms with Crippen molar-refractivity contribution < 1.29 is 0 Å². The van der Waals surface area contributed by atoms with E-state index in [0.717, 1.165) is 35.5 Å². The zero-order chi connectivity index (χ0) is 34.3. The van der Waals surface area contributed by atoms with Crippen LogP contribution >= 0.6 is 0 Å². The molecule has 8 bridgehead atoms. The second-order valence-corrected chi connectivity index (χ2v) is 19.7. The zero-order valence-electron chi connectivity index (χ0n) is 31.5. The number of rotatable bonds is 7. The first kappa shape index (κ1) is 32.1. The quantitative estimate of drug-likeness (QED) is 0.175. The van der Waals surface area contributed by atoms with Gasteiger partial charge in [0.25, 0.3) is 0 Å². The molecule has 0 heterocycles. The summed E-state index contributed by atoms with van der Waals surface area (Å²) in [5, 5.41) is 0. The molecular formula is C51H59N. The van der Waals surface area contributed by atoms with E-state index in [0.29, 0.717) is 10.8 Å². The van der Waals surface area contributed by atoms with Crippen molar-refractivity contribution in [2.24, 2.45) is 35.5 Å². The van der Waals surface area contributed by atoms with Gasteiger partial charge in [-0.25, -0.2) is 0 Å². The summed E-state index contributed by atoms with van der Waals surface area (Å²) in [6.07, 6.45) is 25.5. The highest BCUT2D eigenvalue weighted by molar-refractivity contribution is 5.77. The minimum absolute atomic E-state index is 0.111. The number of hydrogen-bond acceptors (Lipinski definition) is 1. The summed E-state index contributed by atoms with van der Waals surface area (Å²) in [5.41, 5.74) is 11.1. The Morgan fingerprint density at radius 1 is 0.346 bits per heavy atom. The summed E-state index contributed by atoms with van der Waals surface area (Å²) in [6, 6.07) is 41.4. The van der Waals surface area contributed by atoms with E-state index in [1.165, 1.54) is 144 Å². The molecule has 9 fully saturated rings. The standard InChI is InChI=1S/C51H59N/c1-2-7-23-51(22-6-1,44-8-4-3-5-9-44)45-14-20-48(21-15-45)52(46-16-10-42(11-17-46)49-30-36-24-37(31-49)26-38(25-36)32-49)47-18-12-43(13-19-47)50-33-39-27-40(34-50)29-41(28-39)35-50/h3-5,8-21,36-41H,1-2,6-7,22-35H2. The molecule has 4 aromatic carbocycles. The lowest BCUT2D eigenvalue weighted by atomic mass is 9.48. The Morgan fingerprint density at radius 3 is 1.04 bits per heavy atom. The van der Waals surface area contributed by atoms with Crippen molar-refractivity contribution in [3.05, 3.63) is 125 Å². The Balaban J connectivity index is 0.959. The maximum absolute atomic E-state index is 2.57. The van der Waals surface area contributed by atoms with Gasteiger partial charge in [-0.2, -0.15) is 0 Å². The van der Waals surface area contributed by atoms with Crippen LogP contribution in [0.3, 0.4) is 0 Å². The van der Waals surface area contributed by atoms with Crippen LogP contribution in [0.4, 0.5) is 17.1 Å². The monoisotopic (exact) mass is 685 g/mol. The maximum atomic E-state index is 2.57. The SMILES string of the molecule is c1ccc(C2(c3ccc(N(c4ccc(C56CC7CC(CC(C7)C5)C6)cc4)c4ccc(C56CC7CC(CC(C7)C5)C6)cc4)cc3)CCCCCC2)cc1. The first-order chi connectivity index (χ1) is 25.5. The molecule has 0 atom stereocenters. The van der Waals surface area contributed by atoms with E-state index in [9.17, 15) is 0 Å². The summed E-state index contributed by atoms with van der Waals surface area (Å²) in [4.78, 5) is 2.57. The first-order valence-electron chi connectivity index (χ1n) is 21.7. The van der Waals surface area contributed by atoms with Gasteiger partial charge in [0.15, 0.2) is 0 Å². The van der Waals surface area contributed by atoms with E-state index in [2.05, 4.69) is 108 Å². The minimum Gasteiger partial charge on any atom is -0.311 e. The molecule has 52 heavy (non-hydrogen) atoms. The van der Waals surface area contributed by atoms with E-state index in [-0.39, 0.29) is 5.41 Å². The molecule has 9 saturated carbocycles. The number of anilines is 3. The van der Waals surface area contributed by atoms with Gasteiger partial charge < -0.3 is 4.90 Å². The van der Waals surface area contributed by atoms with Crippen molar-refractivity contribution in [1.82, 2.24) is 0 Å². The molecule has 0 aromatic heterocycles. The molecule has 0 radical (unpaired) electrons. The van der Waals surface area contributed by atoms with Gasteiger partial charge in [-0.15, -0.1) is 0 Å². The van der Waals surface area contributed by atoms with E-state index in [4.69, 9.17) is 0 Å². The molecule has 0 spiro atoms. The second kappa shape index (κ2) is 12.4. The van der Waals surface area contributed by atoms with Crippen LogP contribution in [0, 0.1) is 35.5 Å². The van der Waals surface area contributed by atoms with Crippen LogP contribution < -0.4 is 4.90 Å². The van der Waals surface area contributed by atoms with Crippen molar-refractivity contribution >= 4 is 17.1 Å². The molecule has 268 valence electrons. The molecule has 0 N–H and O–H groups in total. The van der Waals surface area contributed by atoms with Crippen LogP contribution in [-0.2, 0) is 16.2 Å². The fourth-order valence-electron chi connectivity index (χ4n) is 15.1. The third-order valence-electron chi connectivity index (χ3n) is 16.5. The van der Waals surface area contributed by atoms with Gasteiger partial charge in [0.1, 0.15) is 0 Å². The fourth-order valence-corrected chi connectivity index (χ4v) is 15.1. The topological polar surface area (TPSA) is 3.24 Å². The first-order valence-corrected chi connectivity index (χ1v) is 21.7. The van der Waals surface area contributed by atoms with E-state index < -0.39 is 0 Å². The second-order valence-electron chi connectivity index (χ2n) is 19.7. The molecule has 0 amide bonds. The molecular weight excluding hydrogens is 627 g/mol. The Bertz CT molecular complexity index is 1720. The molecule has 13 rings (SSSR count). The maximum Gasteiger partial charge on any atom is 0.0461 e. The fraction of sp³-hybridized carbons (Fsp3) is 0.529. The Kier molecular flexibility index (Phi) is 7.64. The lowest BCUT2D eigenvalue weighted by molar-refractivity contribution is -0.00529. The third kappa shape index (κ3) is 5.29. The van der Waals surface area contributed by atoms with Crippen molar-refractivity contribution in [2.45, 2.75) is 132 Å². The summed E-state index contributed by atoms with van der Waals surface area (Å²) < 4.78 is 0. The van der Waals surface area contributed by atoms with Gasteiger partial charge in [0.2, 0.25) is 0 Å². The van der Waals surface area contributed by atoms with Gasteiger partial charge in [0.05, 0.1) is 0 Å². The number of benzene rings is 4. The Morgan fingerprint density at radius 2 is 0.673 bits per heavy atom. The Labute approximate surface area is 313 Å². The summed E-state index contributed by atoms with van der Waals surface area (Å²) in [5.74, 6) is 5.84. The van der Waals surface area contributed by atoms with Gasteiger partial charge in [-0.3, -0.25) is 0 Å². The summed E-state index contributed by atoms with van der Waals surface area (Å²) >= 11 is 0. The lowest BCUT2D eigenvalue weighted by Crippen LogP contribution is -2.48. The predicted octanol–water partition coefficient (Wildman–Crippen LogP) is 13.7. The zero-order valence-corrected chi connectivity index (χ0v) is 31.5. The summed E-state index contributed by atoms with van der Waals surface area (Å²) in [7, 11) is 0. The smallest absolute Gasteiger partial charge is 0.0461 e. The molecule has 0 unspecified atom stereocenters. The van der Waals surface area contributed by atoms with E-state index in [1.807, 2.05) is 0 Å². The molecule has 1 heteroatoms. The van der Waals surface area contributed by atoms with Crippen LogP contribution in [0.25, 0.3) is 0 Å². The molecule has 9 aliphatic carbocycles. The molecule has 4 aromatic rings. The van der Waals surface area contributed by atoms with Crippen molar-refractivity contribution in [1.29, 1.82) is 0 Å². The number of nitrogens with zero attached hydrogens (tertiary/aromatic N) is 1. The highest BCUT2D eigenvalue weighted by atomic mass is 15.1. The van der Waals surface area contributed by atoms with Gasteiger partial charge >= 0.3 is 0 Å². The van der Waals surface area contributed by atoms with Crippen molar-refractivity contribution in [2.75, 3.05) is 4.90 Å². The highest BCUT2D eigenvalue weighted by Crippen LogP contribution is 2.62. The van der Waals surface area contributed by atoms with Gasteiger partial charge in [0, 0.05) is 22.5 Å². The molecule has 1 nitrogen and oxygen atoms in total. The van der Waals surface area contributed by atoms with Crippen LogP contribution in [0.1, 0.15) is 138 Å². The average Bonchev–Trinajstić information content (AvgIpc) is 3.43. The average molecular weight is 686 g/mol. The van der Waals surface area contributed by atoms with E-state index in [1.54, 1.807) is 11.1 Å². The number of hydrogen-bond donors (Lipinski definition) is 0. The van der Waals surface area contributed by atoms with Crippen LogP contribution in [-0.4, -0.2) is 0 Å². The lowest BCUT2D eigenvalue weighted by Gasteiger charge is -2.57. The molecule has 9 aliphatic rings. The normalized spacial score (nSPS) is 35.4. The van der Waals surface area contributed by atoms with Gasteiger partial charge in [-0.05, 0) is 195 Å². The third-order valence-corrected chi connectivity index (χ3v) is 16.5.